The first-order valence-electron chi connectivity index (χ1n) is 7.40. The van der Waals surface area contributed by atoms with Crippen LogP contribution in [-0.4, -0.2) is 61.2 Å². The summed E-state index contributed by atoms with van der Waals surface area (Å²) in [4.78, 5) is 5.32. The average Bonchev–Trinajstić information content (AvgIpc) is 3.13. The molecule has 1 N–H and O–H groups in total. The summed E-state index contributed by atoms with van der Waals surface area (Å²) in [6.45, 7) is 14.4. The van der Waals surface area contributed by atoms with E-state index in [9.17, 15) is 0 Å². The van der Waals surface area contributed by atoms with Crippen molar-refractivity contribution in [2.45, 2.75) is 45.7 Å². The zero-order valence-electron chi connectivity index (χ0n) is 11.8. The van der Waals surface area contributed by atoms with Crippen molar-refractivity contribution < 1.29 is 0 Å². The predicted octanol–water partition coefficient (Wildman–Crippen LogP) is 1.40. The summed E-state index contributed by atoms with van der Waals surface area (Å²) in [5, 5.41) is 3.54. The Morgan fingerprint density at radius 1 is 1.12 bits per heavy atom. The lowest BCUT2D eigenvalue weighted by Gasteiger charge is -2.40. The van der Waals surface area contributed by atoms with E-state index in [1.165, 1.54) is 45.6 Å². The molecule has 0 amide bonds. The van der Waals surface area contributed by atoms with Crippen molar-refractivity contribution in [2.75, 3.05) is 39.3 Å². The van der Waals surface area contributed by atoms with Gasteiger partial charge in [-0.25, -0.2) is 0 Å². The van der Waals surface area contributed by atoms with Gasteiger partial charge in [-0.05, 0) is 39.2 Å². The van der Waals surface area contributed by atoms with E-state index in [0.29, 0.717) is 12.1 Å². The second kappa shape index (κ2) is 6.17. The first-order chi connectivity index (χ1) is 8.20. The average molecular weight is 239 g/mol. The normalized spacial score (nSPS) is 27.0. The maximum atomic E-state index is 3.54. The fraction of sp³-hybridized carbons (Fsp3) is 1.00. The lowest BCUT2D eigenvalue weighted by molar-refractivity contribution is 0.0862. The highest BCUT2D eigenvalue weighted by Crippen LogP contribution is 2.30. The standard InChI is InChI=1S/C14H29N3/c1-4-15-12(2)13(3)17-9-7-16(8-10-17)11-14-5-6-14/h12-15H,4-11H2,1-3H3. The zero-order chi connectivity index (χ0) is 12.3. The van der Waals surface area contributed by atoms with Crippen molar-refractivity contribution in [3.8, 4) is 0 Å². The van der Waals surface area contributed by atoms with Crippen molar-refractivity contribution in [1.29, 1.82) is 0 Å². The predicted molar refractivity (Wildman–Crippen MR) is 73.3 cm³/mol. The largest absolute Gasteiger partial charge is 0.313 e. The maximum Gasteiger partial charge on any atom is 0.0219 e. The number of likely N-dealkylation sites (N-methyl/N-ethyl adjacent to an activating group) is 1. The molecule has 1 heterocycles. The highest BCUT2D eigenvalue weighted by atomic mass is 15.3. The van der Waals surface area contributed by atoms with Crippen molar-refractivity contribution in [3.05, 3.63) is 0 Å². The summed E-state index contributed by atoms with van der Waals surface area (Å²) in [6, 6.07) is 1.27. The quantitative estimate of drug-likeness (QED) is 0.756. The van der Waals surface area contributed by atoms with Gasteiger partial charge in [-0.3, -0.25) is 4.90 Å². The molecule has 0 aromatic heterocycles. The summed E-state index contributed by atoms with van der Waals surface area (Å²) in [5.74, 6) is 1.04. The van der Waals surface area contributed by atoms with Crippen LogP contribution in [0.25, 0.3) is 0 Å². The molecule has 2 fully saturated rings. The maximum absolute atomic E-state index is 3.54. The minimum Gasteiger partial charge on any atom is -0.313 e. The zero-order valence-corrected chi connectivity index (χ0v) is 11.8. The third-order valence-electron chi connectivity index (χ3n) is 4.45. The molecule has 2 atom stereocenters. The Hall–Kier alpha value is -0.120. The molecular formula is C14H29N3. The Labute approximate surface area is 107 Å². The Bertz CT molecular complexity index is 220. The van der Waals surface area contributed by atoms with Gasteiger partial charge in [-0.15, -0.1) is 0 Å². The van der Waals surface area contributed by atoms with Crippen LogP contribution < -0.4 is 5.32 Å². The first kappa shape index (κ1) is 13.3. The monoisotopic (exact) mass is 239 g/mol. The van der Waals surface area contributed by atoms with E-state index in [2.05, 4.69) is 35.9 Å². The molecule has 0 spiro atoms. The van der Waals surface area contributed by atoms with Crippen LogP contribution in [0.1, 0.15) is 33.6 Å². The third-order valence-corrected chi connectivity index (χ3v) is 4.45. The molecule has 0 bridgehead atoms. The molecule has 3 heteroatoms. The molecule has 3 nitrogen and oxygen atoms in total. The van der Waals surface area contributed by atoms with E-state index in [1.807, 2.05) is 0 Å². The van der Waals surface area contributed by atoms with Crippen LogP contribution in [0.5, 0.6) is 0 Å². The summed E-state index contributed by atoms with van der Waals surface area (Å²) in [6.07, 6.45) is 2.96. The highest BCUT2D eigenvalue weighted by Gasteiger charge is 2.28. The highest BCUT2D eigenvalue weighted by molar-refractivity contribution is 4.84. The Morgan fingerprint density at radius 2 is 1.76 bits per heavy atom. The smallest absolute Gasteiger partial charge is 0.0219 e. The number of hydrogen-bond acceptors (Lipinski definition) is 3. The van der Waals surface area contributed by atoms with Gasteiger partial charge < -0.3 is 10.2 Å². The minimum atomic E-state index is 0.606. The van der Waals surface area contributed by atoms with E-state index in [0.717, 1.165) is 12.5 Å². The van der Waals surface area contributed by atoms with E-state index < -0.39 is 0 Å². The van der Waals surface area contributed by atoms with E-state index >= 15 is 0 Å². The van der Waals surface area contributed by atoms with Crippen LogP contribution in [0.2, 0.25) is 0 Å². The van der Waals surface area contributed by atoms with Gasteiger partial charge in [-0.2, -0.15) is 0 Å². The first-order valence-corrected chi connectivity index (χ1v) is 7.40. The lowest BCUT2D eigenvalue weighted by atomic mass is 10.1. The molecule has 2 unspecified atom stereocenters. The Balaban J connectivity index is 1.69. The number of hydrogen-bond donors (Lipinski definition) is 1. The van der Waals surface area contributed by atoms with Gasteiger partial charge in [0.1, 0.15) is 0 Å². The molecule has 2 rings (SSSR count). The lowest BCUT2D eigenvalue weighted by Crippen LogP contribution is -2.54. The van der Waals surface area contributed by atoms with Gasteiger partial charge >= 0.3 is 0 Å². The number of nitrogens with zero attached hydrogens (tertiary/aromatic N) is 2. The number of nitrogens with one attached hydrogen (secondary N) is 1. The molecule has 1 aliphatic carbocycles. The van der Waals surface area contributed by atoms with Crippen molar-refractivity contribution in [3.63, 3.8) is 0 Å². The summed E-state index contributed by atoms with van der Waals surface area (Å²) >= 11 is 0. The van der Waals surface area contributed by atoms with Gasteiger partial charge in [0, 0.05) is 44.8 Å². The van der Waals surface area contributed by atoms with Crippen LogP contribution >= 0.6 is 0 Å². The second-order valence-corrected chi connectivity index (χ2v) is 5.87. The number of piperazine rings is 1. The van der Waals surface area contributed by atoms with Crippen LogP contribution in [0.15, 0.2) is 0 Å². The van der Waals surface area contributed by atoms with E-state index in [-0.39, 0.29) is 0 Å². The summed E-state index contributed by atoms with van der Waals surface area (Å²) < 4.78 is 0. The fourth-order valence-electron chi connectivity index (χ4n) is 2.83. The molecular weight excluding hydrogens is 210 g/mol. The van der Waals surface area contributed by atoms with Gasteiger partial charge in [0.05, 0.1) is 0 Å². The third kappa shape index (κ3) is 3.94. The fourth-order valence-corrected chi connectivity index (χ4v) is 2.83. The molecule has 17 heavy (non-hydrogen) atoms. The van der Waals surface area contributed by atoms with E-state index in [1.54, 1.807) is 0 Å². The Kier molecular flexibility index (Phi) is 4.83. The van der Waals surface area contributed by atoms with Crippen LogP contribution in [0.4, 0.5) is 0 Å². The van der Waals surface area contributed by atoms with Crippen molar-refractivity contribution in [1.82, 2.24) is 15.1 Å². The van der Waals surface area contributed by atoms with Gasteiger partial charge in [0.15, 0.2) is 0 Å². The molecule has 2 aliphatic rings. The Morgan fingerprint density at radius 3 is 2.29 bits per heavy atom. The van der Waals surface area contributed by atoms with Gasteiger partial charge in [0.2, 0.25) is 0 Å². The molecule has 1 saturated heterocycles. The minimum absolute atomic E-state index is 0.606. The molecule has 1 saturated carbocycles. The molecule has 1 aliphatic heterocycles. The summed E-state index contributed by atoms with van der Waals surface area (Å²) in [7, 11) is 0. The van der Waals surface area contributed by atoms with E-state index in [4.69, 9.17) is 0 Å². The topological polar surface area (TPSA) is 18.5 Å². The van der Waals surface area contributed by atoms with Crippen LogP contribution in [-0.2, 0) is 0 Å². The molecule has 100 valence electrons. The SMILES string of the molecule is CCNC(C)C(C)N1CCN(CC2CC2)CC1. The summed E-state index contributed by atoms with van der Waals surface area (Å²) in [5.41, 5.74) is 0. The molecule has 0 radical (unpaired) electrons. The van der Waals surface area contributed by atoms with Crippen LogP contribution in [0, 0.1) is 5.92 Å². The second-order valence-electron chi connectivity index (χ2n) is 5.87. The van der Waals surface area contributed by atoms with Crippen molar-refractivity contribution >= 4 is 0 Å². The molecule has 0 aromatic carbocycles. The molecule has 0 aromatic rings. The number of rotatable bonds is 6. The van der Waals surface area contributed by atoms with Crippen LogP contribution in [0.3, 0.4) is 0 Å². The van der Waals surface area contributed by atoms with Gasteiger partial charge in [-0.1, -0.05) is 6.92 Å². The van der Waals surface area contributed by atoms with Gasteiger partial charge in [0.25, 0.3) is 0 Å². The van der Waals surface area contributed by atoms with Crippen molar-refractivity contribution in [2.24, 2.45) is 5.92 Å².